The SMILES string of the molecule is C[C@H]1OC[C@H](C2(OC(=O)N3CC4CCC(C3)N4CCO)CC2)N(S(=O)(=O)c2ccc(Cl)cc2)[C@@H]1C1CC1. The van der Waals surface area contributed by atoms with Crippen LogP contribution >= 0.6 is 11.6 Å². The molecule has 37 heavy (non-hydrogen) atoms. The van der Waals surface area contributed by atoms with Gasteiger partial charge >= 0.3 is 6.09 Å². The predicted octanol–water partition coefficient (Wildman–Crippen LogP) is 2.71. The van der Waals surface area contributed by atoms with Crippen molar-refractivity contribution < 1.29 is 27.8 Å². The molecule has 204 valence electrons. The highest BCUT2D eigenvalue weighted by Crippen LogP contribution is 2.51. The molecule has 3 saturated heterocycles. The van der Waals surface area contributed by atoms with Crippen molar-refractivity contribution in [2.75, 3.05) is 32.8 Å². The van der Waals surface area contributed by atoms with Gasteiger partial charge in [-0.1, -0.05) is 11.6 Å². The summed E-state index contributed by atoms with van der Waals surface area (Å²) in [5.41, 5.74) is -0.884. The quantitative estimate of drug-likeness (QED) is 0.554. The van der Waals surface area contributed by atoms with Gasteiger partial charge in [-0.25, -0.2) is 13.2 Å². The fraction of sp³-hybridized carbons (Fsp3) is 0.731. The van der Waals surface area contributed by atoms with Gasteiger partial charge in [0.15, 0.2) is 0 Å². The van der Waals surface area contributed by atoms with Crippen LogP contribution in [0.25, 0.3) is 0 Å². The first-order valence-electron chi connectivity index (χ1n) is 13.5. The number of aliphatic hydroxyl groups is 1. The van der Waals surface area contributed by atoms with Gasteiger partial charge < -0.3 is 19.5 Å². The summed E-state index contributed by atoms with van der Waals surface area (Å²) in [6, 6.07) is 5.87. The minimum Gasteiger partial charge on any atom is -0.441 e. The van der Waals surface area contributed by atoms with Crippen LogP contribution in [-0.4, -0.2) is 102 Å². The first-order valence-corrected chi connectivity index (χ1v) is 15.3. The average Bonchev–Trinajstić information content (AvgIpc) is 3.79. The molecule has 0 aromatic heterocycles. The topological polar surface area (TPSA) is 99.6 Å². The van der Waals surface area contributed by atoms with Gasteiger partial charge in [0.2, 0.25) is 10.0 Å². The molecule has 1 N–H and O–H groups in total. The van der Waals surface area contributed by atoms with Crippen LogP contribution in [0.1, 0.15) is 45.4 Å². The highest BCUT2D eigenvalue weighted by atomic mass is 35.5. The molecule has 1 amide bonds. The van der Waals surface area contributed by atoms with Gasteiger partial charge in [0.05, 0.1) is 36.3 Å². The van der Waals surface area contributed by atoms with Gasteiger partial charge in [0.25, 0.3) is 0 Å². The fourth-order valence-corrected chi connectivity index (χ4v) is 8.88. The monoisotopic (exact) mass is 553 g/mol. The highest BCUT2D eigenvalue weighted by Gasteiger charge is 2.63. The number of morpholine rings is 1. The largest absolute Gasteiger partial charge is 0.441 e. The Bertz CT molecular complexity index is 1110. The zero-order valence-electron chi connectivity index (χ0n) is 21.2. The Hall–Kier alpha value is -1.43. The van der Waals surface area contributed by atoms with Crippen LogP contribution in [0.15, 0.2) is 29.2 Å². The number of carbonyl (C=O) groups excluding carboxylic acids is 1. The first kappa shape index (κ1) is 25.8. The smallest absolute Gasteiger partial charge is 0.410 e. The number of benzene rings is 1. The van der Waals surface area contributed by atoms with Crippen molar-refractivity contribution in [1.82, 2.24) is 14.1 Å². The number of amides is 1. The number of carbonyl (C=O) groups is 1. The minimum absolute atomic E-state index is 0.112. The number of rotatable bonds is 7. The Morgan fingerprint density at radius 2 is 1.78 bits per heavy atom. The van der Waals surface area contributed by atoms with Crippen molar-refractivity contribution >= 4 is 27.7 Å². The summed E-state index contributed by atoms with van der Waals surface area (Å²) < 4.78 is 42.2. The average molecular weight is 554 g/mol. The molecule has 6 rings (SSSR count). The number of halogens is 1. The van der Waals surface area contributed by atoms with Crippen molar-refractivity contribution in [2.45, 2.75) is 86.2 Å². The van der Waals surface area contributed by atoms with Crippen molar-refractivity contribution in [3.8, 4) is 0 Å². The van der Waals surface area contributed by atoms with E-state index in [0.29, 0.717) is 37.5 Å². The third-order valence-electron chi connectivity index (χ3n) is 8.98. The molecular weight excluding hydrogens is 518 g/mol. The number of nitrogens with zero attached hydrogens (tertiary/aromatic N) is 3. The molecule has 0 radical (unpaired) electrons. The van der Waals surface area contributed by atoms with Crippen molar-refractivity contribution in [1.29, 1.82) is 0 Å². The second-order valence-corrected chi connectivity index (χ2v) is 13.6. The second-order valence-electron chi connectivity index (χ2n) is 11.4. The number of hydrogen-bond acceptors (Lipinski definition) is 7. The standard InChI is InChI=1S/C26H36ClN3O6S/c1-17-24(18-2-3-18)30(37(33,34)22-8-4-19(27)5-9-22)23(16-35-17)26(10-11-26)36-25(32)28-14-20-6-7-21(15-28)29(20)12-13-31/h4-5,8-9,17-18,20-21,23-24,31H,2-3,6-7,10-16H2,1H3/t17-,20?,21?,23-,24+/m1/s1. The summed E-state index contributed by atoms with van der Waals surface area (Å²) in [5, 5.41) is 9.89. The van der Waals surface area contributed by atoms with Crippen LogP contribution in [0.5, 0.6) is 0 Å². The van der Waals surface area contributed by atoms with E-state index in [9.17, 15) is 18.3 Å². The van der Waals surface area contributed by atoms with E-state index >= 15 is 0 Å². The van der Waals surface area contributed by atoms with E-state index in [1.807, 2.05) is 6.92 Å². The van der Waals surface area contributed by atoms with Gasteiger partial charge in [-0.3, -0.25) is 4.90 Å². The highest BCUT2D eigenvalue weighted by molar-refractivity contribution is 7.89. The molecule has 1 aromatic carbocycles. The molecule has 5 aliphatic rings. The van der Waals surface area contributed by atoms with E-state index in [-0.39, 0.29) is 54.3 Å². The van der Waals surface area contributed by atoms with Crippen LogP contribution < -0.4 is 0 Å². The molecule has 2 bridgehead atoms. The van der Waals surface area contributed by atoms with Crippen LogP contribution in [0, 0.1) is 5.92 Å². The number of ether oxygens (including phenoxy) is 2. The molecule has 3 aliphatic heterocycles. The summed E-state index contributed by atoms with van der Waals surface area (Å²) in [6.07, 6.45) is 4.55. The number of hydrogen-bond donors (Lipinski definition) is 1. The van der Waals surface area contributed by atoms with E-state index in [1.165, 1.54) is 0 Å². The lowest BCUT2D eigenvalue weighted by molar-refractivity contribution is -0.110. The molecule has 5 atom stereocenters. The molecule has 3 heterocycles. The Morgan fingerprint density at radius 3 is 2.35 bits per heavy atom. The Kier molecular flexibility index (Phi) is 6.73. The molecule has 5 fully saturated rings. The number of likely N-dealkylation sites (tertiary alicyclic amines) is 1. The maximum Gasteiger partial charge on any atom is 0.410 e. The molecule has 9 nitrogen and oxygen atoms in total. The van der Waals surface area contributed by atoms with Gasteiger partial charge in [0, 0.05) is 36.7 Å². The van der Waals surface area contributed by atoms with E-state index < -0.39 is 21.7 Å². The first-order chi connectivity index (χ1) is 17.7. The van der Waals surface area contributed by atoms with Gasteiger partial charge in [-0.05, 0) is 75.6 Å². The third-order valence-corrected chi connectivity index (χ3v) is 11.2. The van der Waals surface area contributed by atoms with Crippen molar-refractivity contribution in [2.24, 2.45) is 5.92 Å². The summed E-state index contributed by atoms with van der Waals surface area (Å²) >= 11 is 6.05. The molecular formula is C26H36ClN3O6S. The Labute approximate surface area is 223 Å². The molecule has 0 spiro atoms. The number of aliphatic hydroxyl groups excluding tert-OH is 1. The maximum absolute atomic E-state index is 14.1. The van der Waals surface area contributed by atoms with Gasteiger partial charge in [-0.15, -0.1) is 0 Å². The summed E-state index contributed by atoms with van der Waals surface area (Å²) in [6.45, 7) is 4.01. The molecule has 2 aliphatic carbocycles. The molecule has 2 unspecified atom stereocenters. The lowest BCUT2D eigenvalue weighted by Gasteiger charge is -2.47. The van der Waals surface area contributed by atoms with Crippen LogP contribution in [-0.2, 0) is 19.5 Å². The van der Waals surface area contributed by atoms with Crippen molar-refractivity contribution in [3.63, 3.8) is 0 Å². The summed E-state index contributed by atoms with van der Waals surface area (Å²) in [7, 11) is -3.88. The minimum atomic E-state index is -3.88. The number of sulfonamides is 1. The van der Waals surface area contributed by atoms with Gasteiger partial charge in [-0.2, -0.15) is 4.31 Å². The van der Waals surface area contributed by atoms with E-state index in [1.54, 1.807) is 33.5 Å². The summed E-state index contributed by atoms with van der Waals surface area (Å²) in [5.74, 6) is 0.238. The Morgan fingerprint density at radius 1 is 1.14 bits per heavy atom. The van der Waals surface area contributed by atoms with Crippen LogP contribution in [0.3, 0.4) is 0 Å². The fourth-order valence-electron chi connectivity index (χ4n) is 6.78. The van der Waals surface area contributed by atoms with E-state index in [4.69, 9.17) is 21.1 Å². The lowest BCUT2D eigenvalue weighted by Crippen LogP contribution is -2.64. The normalized spacial score (nSPS) is 33.9. The van der Waals surface area contributed by atoms with E-state index in [2.05, 4.69) is 4.90 Å². The Balaban J connectivity index is 1.25. The van der Waals surface area contributed by atoms with Crippen molar-refractivity contribution in [3.05, 3.63) is 29.3 Å². The van der Waals surface area contributed by atoms with Crippen LogP contribution in [0.4, 0.5) is 4.79 Å². The number of fused-ring (bicyclic) bond motifs is 2. The molecule has 1 aromatic rings. The molecule has 11 heteroatoms. The zero-order valence-corrected chi connectivity index (χ0v) is 22.7. The number of piperazine rings is 1. The lowest BCUT2D eigenvalue weighted by atomic mass is 9.99. The predicted molar refractivity (Wildman–Crippen MR) is 137 cm³/mol. The summed E-state index contributed by atoms with van der Waals surface area (Å²) in [4.78, 5) is 17.7. The second kappa shape index (κ2) is 9.64. The van der Waals surface area contributed by atoms with Gasteiger partial charge in [0.1, 0.15) is 5.60 Å². The van der Waals surface area contributed by atoms with Crippen LogP contribution in [0.2, 0.25) is 5.02 Å². The maximum atomic E-state index is 14.1. The molecule has 2 saturated carbocycles. The zero-order chi connectivity index (χ0) is 25.9. The third kappa shape index (κ3) is 4.67. The van der Waals surface area contributed by atoms with E-state index in [0.717, 1.165) is 25.7 Å².